The minimum atomic E-state index is -0.674. The van der Waals surface area contributed by atoms with Crippen LogP contribution in [0.15, 0.2) is 24.3 Å². The molecule has 2 rings (SSSR count). The first kappa shape index (κ1) is 12.9. The molecule has 0 bridgehead atoms. The third kappa shape index (κ3) is 2.82. The maximum absolute atomic E-state index is 10.9. The highest BCUT2D eigenvalue weighted by Gasteiger charge is 2.27. The highest BCUT2D eigenvalue weighted by Crippen LogP contribution is 2.27. The largest absolute Gasteiger partial charge is 0.508 e. The van der Waals surface area contributed by atoms with E-state index in [9.17, 15) is 9.90 Å². The first-order valence-corrected chi connectivity index (χ1v) is 6.33. The van der Waals surface area contributed by atoms with Crippen molar-refractivity contribution in [3.8, 4) is 5.75 Å². The van der Waals surface area contributed by atoms with Gasteiger partial charge in [0.15, 0.2) is 0 Å². The molecule has 0 spiro atoms. The average molecular weight is 249 g/mol. The lowest BCUT2D eigenvalue weighted by molar-refractivity contribution is -0.143. The van der Waals surface area contributed by atoms with Crippen LogP contribution >= 0.6 is 0 Å². The molecule has 0 aliphatic carbocycles. The summed E-state index contributed by atoms with van der Waals surface area (Å²) in [6.45, 7) is 3.76. The molecule has 1 heterocycles. The fourth-order valence-electron chi connectivity index (χ4n) is 2.50. The monoisotopic (exact) mass is 249 g/mol. The Bertz CT molecular complexity index is 408. The van der Waals surface area contributed by atoms with Crippen molar-refractivity contribution in [1.29, 1.82) is 0 Å². The predicted molar refractivity (Wildman–Crippen MR) is 68.5 cm³/mol. The van der Waals surface area contributed by atoms with E-state index in [2.05, 4.69) is 11.8 Å². The van der Waals surface area contributed by atoms with Gasteiger partial charge in [-0.15, -0.1) is 0 Å². The summed E-state index contributed by atoms with van der Waals surface area (Å²) in [5.41, 5.74) is 1.15. The normalized spacial score (nSPS) is 19.6. The van der Waals surface area contributed by atoms with E-state index in [4.69, 9.17) is 5.11 Å². The third-order valence-electron chi connectivity index (χ3n) is 3.80. The summed E-state index contributed by atoms with van der Waals surface area (Å²) >= 11 is 0. The number of carboxylic acids is 1. The van der Waals surface area contributed by atoms with Crippen LogP contribution in [-0.4, -0.2) is 34.2 Å². The van der Waals surface area contributed by atoms with E-state index in [0.717, 1.165) is 31.5 Å². The Morgan fingerprint density at radius 3 is 2.33 bits per heavy atom. The summed E-state index contributed by atoms with van der Waals surface area (Å²) in [5, 5.41) is 18.2. The van der Waals surface area contributed by atoms with Crippen molar-refractivity contribution in [2.45, 2.75) is 25.8 Å². The number of phenolic OH excluding ortho intramolecular Hbond substituents is 1. The number of carbonyl (C=O) groups is 1. The van der Waals surface area contributed by atoms with E-state index < -0.39 is 5.97 Å². The molecule has 4 nitrogen and oxygen atoms in total. The van der Waals surface area contributed by atoms with Crippen LogP contribution in [-0.2, 0) is 4.79 Å². The van der Waals surface area contributed by atoms with Gasteiger partial charge in [-0.05, 0) is 50.6 Å². The number of nitrogens with zero attached hydrogens (tertiary/aromatic N) is 1. The van der Waals surface area contributed by atoms with Gasteiger partial charge < -0.3 is 10.2 Å². The molecule has 0 aromatic heterocycles. The molecule has 1 atom stereocenters. The van der Waals surface area contributed by atoms with Gasteiger partial charge in [-0.1, -0.05) is 12.1 Å². The van der Waals surface area contributed by atoms with Gasteiger partial charge in [0.1, 0.15) is 5.75 Å². The fourth-order valence-corrected chi connectivity index (χ4v) is 2.50. The molecule has 1 saturated heterocycles. The summed E-state index contributed by atoms with van der Waals surface area (Å²) in [6, 6.07) is 7.48. The van der Waals surface area contributed by atoms with Crippen LogP contribution in [0.2, 0.25) is 0 Å². The molecule has 18 heavy (non-hydrogen) atoms. The molecule has 0 amide bonds. The summed E-state index contributed by atoms with van der Waals surface area (Å²) in [5.74, 6) is -0.587. The molecule has 1 aromatic carbocycles. The van der Waals surface area contributed by atoms with Crippen LogP contribution < -0.4 is 0 Å². The number of benzene rings is 1. The number of hydrogen-bond acceptors (Lipinski definition) is 3. The van der Waals surface area contributed by atoms with Gasteiger partial charge in [0.2, 0.25) is 0 Å². The van der Waals surface area contributed by atoms with Crippen molar-refractivity contribution in [1.82, 2.24) is 4.90 Å². The second-order valence-electron chi connectivity index (χ2n) is 4.92. The highest BCUT2D eigenvalue weighted by atomic mass is 16.4. The number of piperidine rings is 1. The molecule has 1 aliphatic heterocycles. The third-order valence-corrected chi connectivity index (χ3v) is 3.80. The van der Waals surface area contributed by atoms with Crippen LogP contribution in [0.5, 0.6) is 5.75 Å². The van der Waals surface area contributed by atoms with E-state index in [-0.39, 0.29) is 17.7 Å². The maximum Gasteiger partial charge on any atom is 0.306 e. The van der Waals surface area contributed by atoms with E-state index in [1.165, 1.54) is 0 Å². The molecule has 98 valence electrons. The molecule has 1 aliphatic rings. The Hall–Kier alpha value is -1.55. The van der Waals surface area contributed by atoms with E-state index in [1.807, 2.05) is 12.1 Å². The van der Waals surface area contributed by atoms with Gasteiger partial charge in [-0.3, -0.25) is 9.69 Å². The zero-order valence-corrected chi connectivity index (χ0v) is 10.5. The number of rotatable bonds is 3. The number of hydrogen-bond donors (Lipinski definition) is 2. The number of phenols is 1. The smallest absolute Gasteiger partial charge is 0.306 e. The second kappa shape index (κ2) is 5.40. The minimum Gasteiger partial charge on any atom is -0.508 e. The molecule has 4 heteroatoms. The van der Waals surface area contributed by atoms with Crippen LogP contribution in [0.1, 0.15) is 31.4 Å². The fraction of sp³-hybridized carbons (Fsp3) is 0.500. The molecular weight excluding hydrogens is 230 g/mol. The lowest BCUT2D eigenvalue weighted by Gasteiger charge is -2.34. The van der Waals surface area contributed by atoms with Gasteiger partial charge >= 0.3 is 5.97 Å². The first-order valence-electron chi connectivity index (χ1n) is 6.33. The Kier molecular flexibility index (Phi) is 3.87. The highest BCUT2D eigenvalue weighted by molar-refractivity contribution is 5.70. The summed E-state index contributed by atoms with van der Waals surface area (Å²) in [6.07, 6.45) is 1.44. The van der Waals surface area contributed by atoms with Crippen molar-refractivity contribution in [3.63, 3.8) is 0 Å². The van der Waals surface area contributed by atoms with Crippen molar-refractivity contribution < 1.29 is 15.0 Å². The van der Waals surface area contributed by atoms with Gasteiger partial charge in [-0.2, -0.15) is 0 Å². The van der Waals surface area contributed by atoms with Crippen LogP contribution in [0.4, 0.5) is 0 Å². The molecule has 1 fully saturated rings. The Balaban J connectivity index is 1.97. The first-order chi connectivity index (χ1) is 8.58. The number of carboxylic acid groups (broad SMARTS) is 1. The Morgan fingerprint density at radius 1 is 1.28 bits per heavy atom. The van der Waals surface area contributed by atoms with Crippen LogP contribution in [0, 0.1) is 5.92 Å². The standard InChI is InChI=1S/C14H19NO3/c1-10(11-2-4-13(16)5-3-11)15-8-6-12(7-9-15)14(17)18/h2-5,10,12,16H,6-9H2,1H3,(H,17,18). The molecule has 0 radical (unpaired) electrons. The van der Waals surface area contributed by atoms with E-state index >= 15 is 0 Å². The Labute approximate surface area is 107 Å². The van der Waals surface area contributed by atoms with Crippen molar-refractivity contribution in [2.24, 2.45) is 5.92 Å². The lowest BCUT2D eigenvalue weighted by atomic mass is 9.95. The van der Waals surface area contributed by atoms with E-state index in [1.54, 1.807) is 12.1 Å². The molecule has 1 aromatic rings. The minimum absolute atomic E-state index is 0.187. The van der Waals surface area contributed by atoms with Crippen molar-refractivity contribution >= 4 is 5.97 Å². The molecular formula is C14H19NO3. The zero-order valence-electron chi connectivity index (χ0n) is 10.5. The molecule has 1 unspecified atom stereocenters. The average Bonchev–Trinajstić information content (AvgIpc) is 2.39. The van der Waals surface area contributed by atoms with Crippen LogP contribution in [0.3, 0.4) is 0 Å². The summed E-state index contributed by atoms with van der Waals surface area (Å²) in [4.78, 5) is 13.2. The maximum atomic E-state index is 10.9. The van der Waals surface area contributed by atoms with E-state index in [0.29, 0.717) is 0 Å². The molecule has 2 N–H and O–H groups in total. The predicted octanol–water partition coefficient (Wildman–Crippen LogP) is 2.25. The number of likely N-dealkylation sites (tertiary alicyclic amines) is 1. The topological polar surface area (TPSA) is 60.8 Å². The Morgan fingerprint density at radius 2 is 1.83 bits per heavy atom. The SMILES string of the molecule is CC(c1ccc(O)cc1)N1CCC(C(=O)O)CC1. The van der Waals surface area contributed by atoms with Crippen molar-refractivity contribution in [3.05, 3.63) is 29.8 Å². The van der Waals surface area contributed by atoms with Gasteiger partial charge in [-0.25, -0.2) is 0 Å². The van der Waals surface area contributed by atoms with Gasteiger partial charge in [0, 0.05) is 6.04 Å². The quantitative estimate of drug-likeness (QED) is 0.862. The number of aromatic hydroxyl groups is 1. The van der Waals surface area contributed by atoms with Gasteiger partial charge in [0.25, 0.3) is 0 Å². The summed E-state index contributed by atoms with van der Waals surface area (Å²) in [7, 11) is 0. The lowest BCUT2D eigenvalue weighted by Crippen LogP contribution is -2.37. The molecule has 0 saturated carbocycles. The second-order valence-corrected chi connectivity index (χ2v) is 4.92. The van der Waals surface area contributed by atoms with Gasteiger partial charge in [0.05, 0.1) is 5.92 Å². The number of aliphatic carboxylic acids is 1. The zero-order chi connectivity index (χ0) is 13.1. The van der Waals surface area contributed by atoms with Crippen LogP contribution in [0.25, 0.3) is 0 Å². The van der Waals surface area contributed by atoms with Crippen molar-refractivity contribution in [2.75, 3.05) is 13.1 Å². The summed E-state index contributed by atoms with van der Waals surface area (Å²) < 4.78 is 0.